The fourth-order valence-corrected chi connectivity index (χ4v) is 2.49. The molecular formula is C16H18FN3O4. The number of carbonyl (C=O) groups excluding carboxylic acids is 1. The van der Waals surface area contributed by atoms with Crippen LogP contribution < -0.4 is 10.1 Å². The summed E-state index contributed by atoms with van der Waals surface area (Å²) in [7, 11) is 1.78. The average Bonchev–Trinajstić information content (AvgIpc) is 3.17. The summed E-state index contributed by atoms with van der Waals surface area (Å²) in [5.41, 5.74) is 0.324. The largest absolute Gasteiger partial charge is 0.482 e. The van der Waals surface area contributed by atoms with Crippen LogP contribution in [0, 0.1) is 5.82 Å². The number of aliphatic hydroxyl groups excluding tert-OH is 1. The zero-order valence-electron chi connectivity index (χ0n) is 13.1. The normalized spacial score (nSPS) is 20.1. The van der Waals surface area contributed by atoms with Gasteiger partial charge in [0.25, 0.3) is 5.91 Å². The molecule has 2 atom stereocenters. The minimum absolute atomic E-state index is 0.147. The van der Waals surface area contributed by atoms with Crippen LogP contribution in [0.1, 0.15) is 15.9 Å². The second-order valence-corrected chi connectivity index (χ2v) is 5.59. The number of benzene rings is 1. The van der Waals surface area contributed by atoms with Gasteiger partial charge in [-0.1, -0.05) is 6.07 Å². The molecule has 1 aliphatic rings. The molecule has 1 aliphatic heterocycles. The summed E-state index contributed by atoms with van der Waals surface area (Å²) in [6.45, 7) is 0.247. The maximum absolute atomic E-state index is 13.7. The van der Waals surface area contributed by atoms with Gasteiger partial charge in [0.15, 0.2) is 5.75 Å². The number of aliphatic hydroxyl groups is 1. The second kappa shape index (κ2) is 6.98. The number of nitrogens with one attached hydrogen (secondary N) is 1. The highest BCUT2D eigenvalue weighted by atomic mass is 19.1. The van der Waals surface area contributed by atoms with Gasteiger partial charge in [-0.15, -0.1) is 0 Å². The Morgan fingerprint density at radius 3 is 3.04 bits per heavy atom. The van der Waals surface area contributed by atoms with E-state index in [4.69, 9.17) is 14.6 Å². The van der Waals surface area contributed by atoms with E-state index in [-0.39, 0.29) is 23.3 Å². The van der Waals surface area contributed by atoms with Gasteiger partial charge in [0.1, 0.15) is 11.9 Å². The Labute approximate surface area is 138 Å². The lowest BCUT2D eigenvalue weighted by atomic mass is 10.1. The van der Waals surface area contributed by atoms with Crippen molar-refractivity contribution >= 4 is 5.91 Å². The lowest BCUT2D eigenvalue weighted by Crippen LogP contribution is -2.45. The van der Waals surface area contributed by atoms with Gasteiger partial charge < -0.3 is 19.9 Å². The molecular weight excluding hydrogens is 317 g/mol. The van der Waals surface area contributed by atoms with E-state index in [2.05, 4.69) is 10.4 Å². The number of halogens is 1. The molecule has 1 aromatic heterocycles. The molecule has 0 unspecified atom stereocenters. The van der Waals surface area contributed by atoms with Crippen molar-refractivity contribution in [1.29, 1.82) is 0 Å². The van der Waals surface area contributed by atoms with Crippen molar-refractivity contribution in [2.75, 3.05) is 13.2 Å². The highest BCUT2D eigenvalue weighted by molar-refractivity contribution is 5.94. The van der Waals surface area contributed by atoms with Crippen molar-refractivity contribution in [3.63, 3.8) is 0 Å². The first kappa shape index (κ1) is 16.4. The Morgan fingerprint density at radius 1 is 1.54 bits per heavy atom. The summed E-state index contributed by atoms with van der Waals surface area (Å²) in [6, 6.07) is 3.61. The number of nitrogens with zero attached hydrogens (tertiary/aromatic N) is 2. The molecule has 0 aliphatic carbocycles. The third kappa shape index (κ3) is 3.55. The van der Waals surface area contributed by atoms with Crippen LogP contribution in [0.2, 0.25) is 0 Å². The van der Waals surface area contributed by atoms with Gasteiger partial charge in [-0.3, -0.25) is 9.48 Å². The van der Waals surface area contributed by atoms with Crippen molar-refractivity contribution in [3.8, 4) is 5.75 Å². The van der Waals surface area contributed by atoms with Crippen LogP contribution in [0.15, 0.2) is 30.6 Å². The monoisotopic (exact) mass is 335 g/mol. The van der Waals surface area contributed by atoms with Crippen molar-refractivity contribution in [3.05, 3.63) is 47.5 Å². The fraction of sp³-hybridized carbons (Fsp3) is 0.375. The SMILES string of the molecule is Cn1cc(O[C@@H]2COC[C@@H]2NC(=O)c2ccc(CO)c(F)c2)cn1. The number of aromatic nitrogens is 2. The van der Waals surface area contributed by atoms with Crippen LogP contribution in [0.4, 0.5) is 4.39 Å². The first-order chi connectivity index (χ1) is 11.6. The van der Waals surface area contributed by atoms with Crippen LogP contribution in [0.3, 0.4) is 0 Å². The zero-order chi connectivity index (χ0) is 17.1. The smallest absolute Gasteiger partial charge is 0.251 e. The average molecular weight is 335 g/mol. The van der Waals surface area contributed by atoms with E-state index in [0.29, 0.717) is 19.0 Å². The summed E-state index contributed by atoms with van der Waals surface area (Å²) in [5.74, 6) is -0.449. The van der Waals surface area contributed by atoms with Crippen LogP contribution in [0.5, 0.6) is 5.75 Å². The van der Waals surface area contributed by atoms with Gasteiger partial charge in [-0.05, 0) is 12.1 Å². The summed E-state index contributed by atoms with van der Waals surface area (Å²) in [6.07, 6.45) is 2.96. The van der Waals surface area contributed by atoms with Crippen molar-refractivity contribution in [2.45, 2.75) is 18.8 Å². The molecule has 24 heavy (non-hydrogen) atoms. The molecule has 0 radical (unpaired) electrons. The third-order valence-electron chi connectivity index (χ3n) is 3.80. The molecule has 1 saturated heterocycles. The molecule has 1 aromatic carbocycles. The highest BCUT2D eigenvalue weighted by Crippen LogP contribution is 2.17. The Morgan fingerprint density at radius 2 is 2.38 bits per heavy atom. The topological polar surface area (TPSA) is 85.6 Å². The highest BCUT2D eigenvalue weighted by Gasteiger charge is 2.32. The van der Waals surface area contributed by atoms with Crippen LogP contribution in [-0.2, 0) is 18.4 Å². The fourth-order valence-electron chi connectivity index (χ4n) is 2.49. The number of ether oxygens (including phenoxy) is 2. The molecule has 0 bridgehead atoms. The van der Waals surface area contributed by atoms with Gasteiger partial charge in [-0.25, -0.2) is 4.39 Å². The zero-order valence-corrected chi connectivity index (χ0v) is 13.1. The van der Waals surface area contributed by atoms with Crippen molar-refractivity contribution < 1.29 is 23.8 Å². The number of rotatable bonds is 5. The van der Waals surface area contributed by atoms with Crippen LogP contribution in [0.25, 0.3) is 0 Å². The van der Waals surface area contributed by atoms with Crippen LogP contribution >= 0.6 is 0 Å². The second-order valence-electron chi connectivity index (χ2n) is 5.59. The van der Waals surface area contributed by atoms with Gasteiger partial charge in [0, 0.05) is 18.2 Å². The molecule has 1 amide bonds. The molecule has 1 fully saturated rings. The molecule has 8 heteroatoms. The predicted molar refractivity (Wildman–Crippen MR) is 82.0 cm³/mol. The van der Waals surface area contributed by atoms with E-state index < -0.39 is 18.3 Å². The molecule has 2 aromatic rings. The molecule has 7 nitrogen and oxygen atoms in total. The minimum Gasteiger partial charge on any atom is -0.482 e. The standard InChI is InChI=1S/C16H18FN3O4/c1-20-6-12(5-18-20)24-15-9-23-8-14(15)19-16(22)10-2-3-11(7-21)13(17)4-10/h2-6,14-15,21H,7-9H2,1H3,(H,19,22)/t14-,15+/m0/s1. The Balaban J connectivity index is 1.65. The first-order valence-electron chi connectivity index (χ1n) is 7.50. The summed E-state index contributed by atoms with van der Waals surface area (Å²) in [4.78, 5) is 12.3. The molecule has 2 heterocycles. The molecule has 2 N–H and O–H groups in total. The summed E-state index contributed by atoms with van der Waals surface area (Å²) in [5, 5.41) is 15.8. The third-order valence-corrected chi connectivity index (χ3v) is 3.80. The Bertz CT molecular complexity index is 734. The maximum Gasteiger partial charge on any atom is 0.251 e. The summed E-state index contributed by atoms with van der Waals surface area (Å²) < 4.78 is 26.5. The number of hydrogen-bond acceptors (Lipinski definition) is 5. The van der Waals surface area contributed by atoms with Gasteiger partial charge >= 0.3 is 0 Å². The number of amides is 1. The molecule has 128 valence electrons. The first-order valence-corrected chi connectivity index (χ1v) is 7.50. The lowest BCUT2D eigenvalue weighted by Gasteiger charge is -2.19. The summed E-state index contributed by atoms with van der Waals surface area (Å²) >= 11 is 0. The van der Waals surface area contributed by atoms with E-state index in [9.17, 15) is 9.18 Å². The number of hydrogen-bond donors (Lipinski definition) is 2. The number of carbonyl (C=O) groups is 1. The van der Waals surface area contributed by atoms with E-state index >= 15 is 0 Å². The molecule has 0 spiro atoms. The van der Waals surface area contributed by atoms with Gasteiger partial charge in [-0.2, -0.15) is 5.10 Å². The van der Waals surface area contributed by atoms with Crippen LogP contribution in [-0.4, -0.2) is 46.2 Å². The van der Waals surface area contributed by atoms with Gasteiger partial charge in [0.05, 0.1) is 38.3 Å². The van der Waals surface area contributed by atoms with Gasteiger partial charge in [0.2, 0.25) is 0 Å². The van der Waals surface area contributed by atoms with E-state index in [1.54, 1.807) is 24.1 Å². The Kier molecular flexibility index (Phi) is 4.77. The van der Waals surface area contributed by atoms with E-state index in [1.807, 2.05) is 0 Å². The maximum atomic E-state index is 13.7. The quantitative estimate of drug-likeness (QED) is 0.837. The Hall–Kier alpha value is -2.45. The van der Waals surface area contributed by atoms with Crippen molar-refractivity contribution in [1.82, 2.24) is 15.1 Å². The number of aryl methyl sites for hydroxylation is 1. The van der Waals surface area contributed by atoms with E-state index in [1.165, 1.54) is 12.1 Å². The van der Waals surface area contributed by atoms with Crippen molar-refractivity contribution in [2.24, 2.45) is 7.05 Å². The lowest BCUT2D eigenvalue weighted by molar-refractivity contribution is 0.0903. The molecule has 0 saturated carbocycles. The van der Waals surface area contributed by atoms with E-state index in [0.717, 1.165) is 6.07 Å². The predicted octanol–water partition coefficient (Wildman–Crippen LogP) is 0.628. The minimum atomic E-state index is -0.615. The molecule has 3 rings (SSSR count).